The van der Waals surface area contributed by atoms with Crippen LogP contribution in [0.2, 0.25) is 0 Å². The van der Waals surface area contributed by atoms with E-state index in [0.29, 0.717) is 12.1 Å². The van der Waals surface area contributed by atoms with Gasteiger partial charge in [0, 0.05) is 22.0 Å². The second kappa shape index (κ2) is 8.25. The van der Waals surface area contributed by atoms with Crippen molar-refractivity contribution >= 4 is 27.7 Å². The highest BCUT2D eigenvalue weighted by molar-refractivity contribution is 9.10. The molecule has 2 aromatic carbocycles. The molecule has 0 bridgehead atoms. The van der Waals surface area contributed by atoms with Gasteiger partial charge in [-0.3, -0.25) is 9.59 Å². The lowest BCUT2D eigenvalue weighted by atomic mass is 9.84. The van der Waals surface area contributed by atoms with Crippen LogP contribution in [0.25, 0.3) is 0 Å². The lowest BCUT2D eigenvalue weighted by molar-refractivity contribution is -0.120. The van der Waals surface area contributed by atoms with Crippen LogP contribution in [0.15, 0.2) is 53.0 Å². The van der Waals surface area contributed by atoms with E-state index < -0.39 is 11.7 Å². The summed E-state index contributed by atoms with van der Waals surface area (Å²) in [6.45, 7) is 4.38. The van der Waals surface area contributed by atoms with E-state index in [9.17, 15) is 14.0 Å². The Morgan fingerprint density at radius 1 is 1.00 bits per heavy atom. The van der Waals surface area contributed by atoms with Crippen LogP contribution >= 0.6 is 15.9 Å². The molecule has 0 heterocycles. The molecule has 4 nitrogen and oxygen atoms in total. The SMILES string of the molecule is CC(C)(CNC(=O)CNC(=O)c1ccc(F)cc1)c1ccc(Br)cc1. The molecule has 0 spiro atoms. The lowest BCUT2D eigenvalue weighted by Crippen LogP contribution is -2.42. The molecule has 2 N–H and O–H groups in total. The maximum atomic E-state index is 12.8. The molecule has 0 atom stereocenters. The highest BCUT2D eigenvalue weighted by Gasteiger charge is 2.21. The first-order chi connectivity index (χ1) is 11.8. The van der Waals surface area contributed by atoms with Crippen LogP contribution in [0.1, 0.15) is 29.8 Å². The predicted molar refractivity (Wildman–Crippen MR) is 98.9 cm³/mol. The van der Waals surface area contributed by atoms with Gasteiger partial charge < -0.3 is 10.6 Å². The third-order valence-corrected chi connectivity index (χ3v) is 4.40. The molecule has 0 fully saturated rings. The summed E-state index contributed by atoms with van der Waals surface area (Å²) in [6, 6.07) is 13.1. The molecule has 0 unspecified atom stereocenters. The molecule has 2 amide bonds. The van der Waals surface area contributed by atoms with Crippen molar-refractivity contribution in [3.05, 3.63) is 69.9 Å². The van der Waals surface area contributed by atoms with Gasteiger partial charge in [-0.2, -0.15) is 0 Å². The number of hydrogen-bond donors (Lipinski definition) is 2. The molecule has 132 valence electrons. The first-order valence-corrected chi connectivity index (χ1v) is 8.64. The topological polar surface area (TPSA) is 58.2 Å². The predicted octanol–water partition coefficient (Wildman–Crippen LogP) is 3.41. The smallest absolute Gasteiger partial charge is 0.251 e. The molecule has 0 aliphatic heterocycles. The van der Waals surface area contributed by atoms with E-state index in [2.05, 4.69) is 26.6 Å². The summed E-state index contributed by atoms with van der Waals surface area (Å²) in [5.74, 6) is -1.10. The van der Waals surface area contributed by atoms with E-state index in [0.717, 1.165) is 10.0 Å². The zero-order valence-corrected chi connectivity index (χ0v) is 15.7. The Morgan fingerprint density at radius 2 is 1.60 bits per heavy atom. The summed E-state index contributed by atoms with van der Waals surface area (Å²) in [4.78, 5) is 23.9. The van der Waals surface area contributed by atoms with Gasteiger partial charge >= 0.3 is 0 Å². The molecule has 2 rings (SSSR count). The van der Waals surface area contributed by atoms with E-state index in [4.69, 9.17) is 0 Å². The van der Waals surface area contributed by atoms with Crippen LogP contribution in [-0.4, -0.2) is 24.9 Å². The summed E-state index contributed by atoms with van der Waals surface area (Å²) in [7, 11) is 0. The van der Waals surface area contributed by atoms with Crippen molar-refractivity contribution in [3.63, 3.8) is 0 Å². The number of benzene rings is 2. The zero-order chi connectivity index (χ0) is 18.4. The van der Waals surface area contributed by atoms with Crippen LogP contribution in [0.4, 0.5) is 4.39 Å². The molecule has 0 radical (unpaired) electrons. The van der Waals surface area contributed by atoms with Crippen molar-refractivity contribution in [2.45, 2.75) is 19.3 Å². The molecule has 0 aliphatic carbocycles. The maximum Gasteiger partial charge on any atom is 0.251 e. The van der Waals surface area contributed by atoms with Crippen LogP contribution in [0.5, 0.6) is 0 Å². The monoisotopic (exact) mass is 406 g/mol. The minimum atomic E-state index is -0.415. The first-order valence-electron chi connectivity index (χ1n) is 7.84. The van der Waals surface area contributed by atoms with Crippen LogP contribution in [0, 0.1) is 5.82 Å². The highest BCUT2D eigenvalue weighted by Crippen LogP contribution is 2.23. The second-order valence-corrected chi connectivity index (χ2v) is 7.27. The second-order valence-electron chi connectivity index (χ2n) is 6.36. The Labute approximate surface area is 154 Å². The van der Waals surface area contributed by atoms with Gasteiger partial charge in [-0.1, -0.05) is 41.9 Å². The third kappa shape index (κ3) is 5.67. The van der Waals surface area contributed by atoms with E-state index >= 15 is 0 Å². The Balaban J connectivity index is 1.82. The first kappa shape index (κ1) is 19.1. The number of halogens is 2. The van der Waals surface area contributed by atoms with Crippen molar-refractivity contribution in [2.24, 2.45) is 0 Å². The minimum absolute atomic E-state index is 0.132. The van der Waals surface area contributed by atoms with Crippen molar-refractivity contribution in [1.82, 2.24) is 10.6 Å². The van der Waals surface area contributed by atoms with Crippen molar-refractivity contribution < 1.29 is 14.0 Å². The minimum Gasteiger partial charge on any atom is -0.354 e. The van der Waals surface area contributed by atoms with Gasteiger partial charge in [-0.15, -0.1) is 0 Å². The van der Waals surface area contributed by atoms with Crippen LogP contribution < -0.4 is 10.6 Å². The number of nitrogens with one attached hydrogen (secondary N) is 2. The summed E-state index contributed by atoms with van der Waals surface area (Å²) in [5, 5.41) is 5.35. The standard InChI is InChI=1S/C19H20BrFN2O2/c1-19(2,14-5-7-15(20)8-6-14)12-23-17(24)11-22-18(25)13-3-9-16(21)10-4-13/h3-10H,11-12H2,1-2H3,(H,22,25)(H,23,24). The Bertz CT molecular complexity index is 743. The molecular weight excluding hydrogens is 387 g/mol. The van der Waals surface area contributed by atoms with Gasteiger partial charge in [0.15, 0.2) is 0 Å². The third-order valence-electron chi connectivity index (χ3n) is 3.87. The van der Waals surface area contributed by atoms with Gasteiger partial charge in [0.1, 0.15) is 5.82 Å². The lowest BCUT2D eigenvalue weighted by Gasteiger charge is -2.25. The summed E-state index contributed by atoms with van der Waals surface area (Å²) in [5.41, 5.74) is 1.17. The number of carbonyl (C=O) groups excluding carboxylic acids is 2. The Hall–Kier alpha value is -2.21. The van der Waals surface area contributed by atoms with Gasteiger partial charge in [-0.25, -0.2) is 4.39 Å². The molecule has 6 heteroatoms. The summed E-state index contributed by atoms with van der Waals surface area (Å²) < 4.78 is 13.8. The van der Waals surface area contributed by atoms with Crippen molar-refractivity contribution in [2.75, 3.05) is 13.1 Å². The number of carbonyl (C=O) groups is 2. The average Bonchev–Trinajstić information content (AvgIpc) is 2.59. The molecule has 2 aromatic rings. The number of rotatable bonds is 6. The zero-order valence-electron chi connectivity index (χ0n) is 14.1. The van der Waals surface area contributed by atoms with Gasteiger partial charge in [0.2, 0.25) is 5.91 Å². The Kier molecular flexibility index (Phi) is 6.31. The largest absolute Gasteiger partial charge is 0.354 e. The van der Waals surface area contributed by atoms with E-state index in [1.54, 1.807) is 0 Å². The fourth-order valence-corrected chi connectivity index (χ4v) is 2.51. The maximum absolute atomic E-state index is 12.8. The van der Waals surface area contributed by atoms with E-state index in [-0.39, 0.29) is 17.9 Å². The van der Waals surface area contributed by atoms with Gasteiger partial charge in [-0.05, 0) is 42.0 Å². The molecule has 0 saturated heterocycles. The fraction of sp³-hybridized carbons (Fsp3) is 0.263. The van der Waals surface area contributed by atoms with Crippen molar-refractivity contribution in [3.8, 4) is 0 Å². The highest BCUT2D eigenvalue weighted by atomic mass is 79.9. The van der Waals surface area contributed by atoms with E-state index in [1.807, 2.05) is 38.1 Å². The van der Waals surface area contributed by atoms with Crippen LogP contribution in [-0.2, 0) is 10.2 Å². The summed E-state index contributed by atoms with van der Waals surface area (Å²) >= 11 is 3.40. The fourth-order valence-electron chi connectivity index (χ4n) is 2.25. The van der Waals surface area contributed by atoms with Crippen LogP contribution in [0.3, 0.4) is 0 Å². The normalized spacial score (nSPS) is 11.0. The molecule has 25 heavy (non-hydrogen) atoms. The van der Waals surface area contributed by atoms with Crippen molar-refractivity contribution in [1.29, 1.82) is 0 Å². The molecular formula is C19H20BrFN2O2. The molecule has 0 aliphatic rings. The average molecular weight is 407 g/mol. The Morgan fingerprint density at radius 3 is 2.20 bits per heavy atom. The van der Waals surface area contributed by atoms with Gasteiger partial charge in [0.25, 0.3) is 5.91 Å². The number of amides is 2. The number of hydrogen-bond acceptors (Lipinski definition) is 2. The van der Waals surface area contributed by atoms with Gasteiger partial charge in [0.05, 0.1) is 6.54 Å². The molecule has 0 saturated carbocycles. The molecule has 0 aromatic heterocycles. The summed E-state index contributed by atoms with van der Waals surface area (Å²) in [6.07, 6.45) is 0. The van der Waals surface area contributed by atoms with E-state index in [1.165, 1.54) is 24.3 Å². The quantitative estimate of drug-likeness (QED) is 0.771.